The molecule has 0 fully saturated rings. The average Bonchev–Trinajstić information content (AvgIpc) is 2.38. The van der Waals surface area contributed by atoms with Crippen LogP contribution in [0.5, 0.6) is 5.75 Å². The topological polar surface area (TPSA) is 24.5 Å². The zero-order chi connectivity index (χ0) is 14.3. The minimum atomic E-state index is 0.316. The van der Waals surface area contributed by atoms with Crippen LogP contribution in [0.3, 0.4) is 0 Å². The highest BCUT2D eigenvalue weighted by Crippen LogP contribution is 2.26. The Hall–Kier alpha value is -1.06. The number of benzene rings is 1. The first-order chi connectivity index (χ1) is 9.12. The zero-order valence-corrected chi connectivity index (χ0v) is 13.0. The van der Waals surface area contributed by atoms with Crippen LogP contribution in [-0.2, 0) is 0 Å². The summed E-state index contributed by atoms with van der Waals surface area (Å²) in [4.78, 5) is 2.37. The van der Waals surface area contributed by atoms with E-state index in [0.717, 1.165) is 25.4 Å². The minimum Gasteiger partial charge on any atom is -0.496 e. The summed E-state index contributed by atoms with van der Waals surface area (Å²) in [6.07, 6.45) is 1.18. The third kappa shape index (κ3) is 4.84. The van der Waals surface area contributed by atoms with Crippen LogP contribution >= 0.6 is 0 Å². The summed E-state index contributed by atoms with van der Waals surface area (Å²) < 4.78 is 5.51. The van der Waals surface area contributed by atoms with E-state index in [1.54, 1.807) is 7.11 Å². The van der Waals surface area contributed by atoms with Gasteiger partial charge in [-0.05, 0) is 39.5 Å². The van der Waals surface area contributed by atoms with E-state index < -0.39 is 0 Å². The maximum atomic E-state index is 5.51. The van der Waals surface area contributed by atoms with Crippen molar-refractivity contribution in [1.82, 2.24) is 10.2 Å². The Kier molecular flexibility index (Phi) is 6.89. The molecular weight excluding hydrogens is 236 g/mol. The highest BCUT2D eigenvalue weighted by atomic mass is 16.5. The fourth-order valence-corrected chi connectivity index (χ4v) is 2.43. The van der Waals surface area contributed by atoms with E-state index in [9.17, 15) is 0 Å². The molecule has 0 bridgehead atoms. The summed E-state index contributed by atoms with van der Waals surface area (Å²) in [6, 6.07) is 6.71. The third-order valence-electron chi connectivity index (χ3n) is 3.31. The molecule has 0 saturated heterocycles. The molecule has 19 heavy (non-hydrogen) atoms. The summed E-state index contributed by atoms with van der Waals surface area (Å²) in [5, 5.41) is 3.57. The van der Waals surface area contributed by atoms with Crippen LogP contribution in [0.1, 0.15) is 37.4 Å². The molecule has 0 spiro atoms. The molecule has 0 aliphatic heterocycles. The minimum absolute atomic E-state index is 0.316. The largest absolute Gasteiger partial charge is 0.496 e. The van der Waals surface area contributed by atoms with Crippen LogP contribution in [0.2, 0.25) is 0 Å². The highest BCUT2D eigenvalue weighted by Gasteiger charge is 2.17. The van der Waals surface area contributed by atoms with E-state index in [2.05, 4.69) is 56.2 Å². The van der Waals surface area contributed by atoms with Gasteiger partial charge in [0.15, 0.2) is 0 Å². The quantitative estimate of drug-likeness (QED) is 0.781. The number of likely N-dealkylation sites (N-methyl/N-ethyl adjacent to an activating group) is 2. The van der Waals surface area contributed by atoms with Crippen molar-refractivity contribution in [2.45, 2.75) is 33.2 Å². The Labute approximate surface area is 118 Å². The number of nitrogens with one attached hydrogen (secondary N) is 1. The molecule has 1 aromatic rings. The van der Waals surface area contributed by atoms with Gasteiger partial charge in [-0.25, -0.2) is 0 Å². The molecule has 1 N–H and O–H groups in total. The fourth-order valence-electron chi connectivity index (χ4n) is 2.43. The van der Waals surface area contributed by atoms with Crippen molar-refractivity contribution in [2.75, 3.05) is 33.8 Å². The molecule has 3 heteroatoms. The second-order valence-corrected chi connectivity index (χ2v) is 5.12. The van der Waals surface area contributed by atoms with Crippen LogP contribution in [0, 0.1) is 6.92 Å². The first kappa shape index (κ1) is 16.0. The van der Waals surface area contributed by atoms with Crippen molar-refractivity contribution in [1.29, 1.82) is 0 Å². The van der Waals surface area contributed by atoms with Crippen LogP contribution in [0.4, 0.5) is 0 Å². The molecule has 1 rings (SSSR count). The SMILES string of the molecule is CCCN(C)CC(NCC)c1cc(C)ccc1OC. The Morgan fingerprint density at radius 2 is 2.05 bits per heavy atom. The van der Waals surface area contributed by atoms with E-state index in [0.29, 0.717) is 6.04 Å². The van der Waals surface area contributed by atoms with E-state index in [1.807, 2.05) is 0 Å². The van der Waals surface area contributed by atoms with Gasteiger partial charge in [0.1, 0.15) is 5.75 Å². The maximum Gasteiger partial charge on any atom is 0.123 e. The van der Waals surface area contributed by atoms with Crippen molar-refractivity contribution >= 4 is 0 Å². The third-order valence-corrected chi connectivity index (χ3v) is 3.31. The van der Waals surface area contributed by atoms with Crippen LogP contribution in [-0.4, -0.2) is 38.7 Å². The predicted molar refractivity (Wildman–Crippen MR) is 81.9 cm³/mol. The molecule has 1 aromatic carbocycles. The molecule has 0 aliphatic carbocycles. The standard InChI is InChI=1S/C16H28N2O/c1-6-10-18(4)12-15(17-7-2)14-11-13(3)8-9-16(14)19-5/h8-9,11,15,17H,6-7,10,12H2,1-5H3. The van der Waals surface area contributed by atoms with Gasteiger partial charge in [-0.3, -0.25) is 0 Å². The second kappa shape index (κ2) is 8.18. The summed E-state index contributed by atoms with van der Waals surface area (Å²) in [6.45, 7) is 9.57. The van der Waals surface area contributed by atoms with Gasteiger partial charge in [0.25, 0.3) is 0 Å². The van der Waals surface area contributed by atoms with Crippen molar-refractivity contribution in [2.24, 2.45) is 0 Å². The van der Waals surface area contributed by atoms with Crippen molar-refractivity contribution in [3.8, 4) is 5.75 Å². The van der Waals surface area contributed by atoms with Gasteiger partial charge >= 0.3 is 0 Å². The lowest BCUT2D eigenvalue weighted by molar-refractivity contribution is 0.288. The molecular formula is C16H28N2O. The molecule has 0 radical (unpaired) electrons. The lowest BCUT2D eigenvalue weighted by Gasteiger charge is -2.26. The molecule has 0 heterocycles. The average molecular weight is 264 g/mol. The number of ether oxygens (including phenoxy) is 1. The van der Waals surface area contributed by atoms with E-state index in [4.69, 9.17) is 4.74 Å². The predicted octanol–water partition coefficient (Wildman–Crippen LogP) is 3.00. The van der Waals surface area contributed by atoms with Gasteiger partial charge in [0.05, 0.1) is 7.11 Å². The Morgan fingerprint density at radius 3 is 2.63 bits per heavy atom. The maximum absolute atomic E-state index is 5.51. The lowest BCUT2D eigenvalue weighted by Crippen LogP contribution is -2.33. The highest BCUT2D eigenvalue weighted by molar-refractivity contribution is 5.39. The number of hydrogen-bond donors (Lipinski definition) is 1. The summed E-state index contributed by atoms with van der Waals surface area (Å²) in [7, 11) is 3.92. The number of nitrogens with zero attached hydrogens (tertiary/aromatic N) is 1. The summed E-state index contributed by atoms with van der Waals surface area (Å²) in [5.74, 6) is 0.974. The van der Waals surface area contributed by atoms with E-state index >= 15 is 0 Å². The normalized spacial score (nSPS) is 12.7. The van der Waals surface area contributed by atoms with E-state index in [1.165, 1.54) is 17.5 Å². The summed E-state index contributed by atoms with van der Waals surface area (Å²) in [5.41, 5.74) is 2.53. The molecule has 0 aromatic heterocycles. The number of rotatable bonds is 8. The molecule has 1 unspecified atom stereocenters. The van der Waals surface area contributed by atoms with Crippen molar-refractivity contribution in [3.05, 3.63) is 29.3 Å². The van der Waals surface area contributed by atoms with E-state index in [-0.39, 0.29) is 0 Å². The molecule has 0 amide bonds. The molecule has 3 nitrogen and oxygen atoms in total. The van der Waals surface area contributed by atoms with Crippen LogP contribution in [0.15, 0.2) is 18.2 Å². The van der Waals surface area contributed by atoms with Crippen LogP contribution in [0.25, 0.3) is 0 Å². The number of methoxy groups -OCH3 is 1. The van der Waals surface area contributed by atoms with Gasteiger partial charge in [0.2, 0.25) is 0 Å². The van der Waals surface area contributed by atoms with Gasteiger partial charge in [-0.15, -0.1) is 0 Å². The molecule has 1 atom stereocenters. The van der Waals surface area contributed by atoms with Gasteiger partial charge in [0, 0.05) is 18.2 Å². The first-order valence-corrected chi connectivity index (χ1v) is 7.18. The molecule has 0 aliphatic rings. The number of hydrogen-bond acceptors (Lipinski definition) is 3. The zero-order valence-electron chi connectivity index (χ0n) is 13.0. The molecule has 0 saturated carbocycles. The van der Waals surface area contributed by atoms with Crippen molar-refractivity contribution < 1.29 is 4.74 Å². The monoisotopic (exact) mass is 264 g/mol. The van der Waals surface area contributed by atoms with Gasteiger partial charge in [-0.1, -0.05) is 31.5 Å². The van der Waals surface area contributed by atoms with Crippen LogP contribution < -0.4 is 10.1 Å². The van der Waals surface area contributed by atoms with Crippen molar-refractivity contribution in [3.63, 3.8) is 0 Å². The Morgan fingerprint density at radius 1 is 1.32 bits per heavy atom. The van der Waals surface area contributed by atoms with Gasteiger partial charge < -0.3 is 15.0 Å². The Balaban J connectivity index is 2.93. The second-order valence-electron chi connectivity index (χ2n) is 5.12. The first-order valence-electron chi connectivity index (χ1n) is 7.18. The summed E-state index contributed by atoms with van der Waals surface area (Å²) >= 11 is 0. The number of aryl methyl sites for hydroxylation is 1. The smallest absolute Gasteiger partial charge is 0.123 e. The Bertz CT molecular complexity index is 379. The lowest BCUT2D eigenvalue weighted by atomic mass is 10.0. The molecule has 108 valence electrons. The van der Waals surface area contributed by atoms with Gasteiger partial charge in [-0.2, -0.15) is 0 Å². The fraction of sp³-hybridized carbons (Fsp3) is 0.625.